The Hall–Kier alpha value is -4.96. The average Bonchev–Trinajstić information content (AvgIpc) is 3.80. The molecule has 0 bridgehead atoms. The molecule has 0 saturated heterocycles. The molecule has 320 valence electrons. The molecule has 0 amide bonds. The monoisotopic (exact) mass is 818 g/mol. The van der Waals surface area contributed by atoms with E-state index >= 15 is 0 Å². The summed E-state index contributed by atoms with van der Waals surface area (Å²) in [6.45, 7) is 3.93. The van der Waals surface area contributed by atoms with Crippen LogP contribution >= 0.6 is 0 Å². The van der Waals surface area contributed by atoms with Crippen LogP contribution in [-0.4, -0.2) is 127 Å². The third-order valence-corrected chi connectivity index (χ3v) is 11.6. The van der Waals surface area contributed by atoms with Gasteiger partial charge in [0.05, 0.1) is 59.5 Å². The van der Waals surface area contributed by atoms with Crippen molar-refractivity contribution in [2.75, 3.05) is 68.6 Å². The first-order valence-corrected chi connectivity index (χ1v) is 21.2. The molecule has 2 aliphatic carbocycles. The first-order valence-electron chi connectivity index (χ1n) is 21.2. The summed E-state index contributed by atoms with van der Waals surface area (Å²) in [5.74, 6) is 1.42. The lowest BCUT2D eigenvalue weighted by atomic mass is 9.91. The van der Waals surface area contributed by atoms with E-state index in [1.807, 2.05) is 97.9 Å². The zero-order valence-corrected chi connectivity index (χ0v) is 36.2. The smallest absolute Gasteiger partial charge is 0.199 e. The predicted octanol–water partition coefficient (Wildman–Crippen LogP) is 5.34. The van der Waals surface area contributed by atoms with Crippen LogP contribution in [-0.2, 0) is 39.1 Å². The van der Waals surface area contributed by atoms with Gasteiger partial charge < -0.3 is 29.5 Å². The Kier molecular flexibility index (Phi) is 14.4. The maximum absolute atomic E-state index is 10.2. The molecule has 0 radical (unpaired) electrons. The van der Waals surface area contributed by atoms with Crippen molar-refractivity contribution in [2.45, 2.75) is 76.9 Å². The highest BCUT2D eigenvalue weighted by Crippen LogP contribution is 2.35. The van der Waals surface area contributed by atoms with Gasteiger partial charge in [-0.25, -0.2) is 9.97 Å². The number of hydrogen-bond donors (Lipinski definition) is 2. The molecule has 0 aromatic carbocycles. The van der Waals surface area contributed by atoms with E-state index in [9.17, 15) is 10.2 Å². The Bertz CT molecular complexity index is 2160. The van der Waals surface area contributed by atoms with Gasteiger partial charge in [-0.05, 0) is 128 Å². The SMILES string of the molecule is CN(C)CCOc1cccc2nc(CN(C)[C@H]3CCCc4cccnc43)c(CO)n12.CN(C)CCOc1cccc2nc(CN(C)[C@H]3CCCc4cccnc43)c(CO)n12. The first kappa shape index (κ1) is 43.1. The molecule has 0 spiro atoms. The molecule has 14 heteroatoms. The molecule has 2 N–H and O–H groups in total. The van der Waals surface area contributed by atoms with Crippen LogP contribution in [0.1, 0.15) is 83.1 Å². The van der Waals surface area contributed by atoms with Crippen molar-refractivity contribution in [2.24, 2.45) is 0 Å². The van der Waals surface area contributed by atoms with Gasteiger partial charge in [0.15, 0.2) is 11.8 Å². The topological polar surface area (TPSA) is 132 Å². The molecule has 2 atom stereocenters. The van der Waals surface area contributed by atoms with E-state index < -0.39 is 0 Å². The van der Waals surface area contributed by atoms with Crippen molar-refractivity contribution < 1.29 is 19.7 Å². The Morgan fingerprint density at radius 2 is 1.03 bits per heavy atom. The van der Waals surface area contributed by atoms with Gasteiger partial charge in [-0.2, -0.15) is 0 Å². The van der Waals surface area contributed by atoms with Crippen molar-refractivity contribution in [1.82, 2.24) is 48.3 Å². The van der Waals surface area contributed by atoms with E-state index in [-0.39, 0.29) is 25.3 Å². The van der Waals surface area contributed by atoms with E-state index in [1.165, 1.54) is 22.5 Å². The second kappa shape index (κ2) is 20.1. The summed E-state index contributed by atoms with van der Waals surface area (Å²) >= 11 is 0. The van der Waals surface area contributed by atoms with Crippen LogP contribution in [0.5, 0.6) is 11.8 Å². The number of imidazole rings is 2. The second-order valence-electron chi connectivity index (χ2n) is 16.5. The molecule has 6 aromatic heterocycles. The van der Waals surface area contributed by atoms with Crippen LogP contribution in [0.15, 0.2) is 73.1 Å². The molecule has 8 rings (SSSR count). The molecular weight excluding hydrogens is 757 g/mol. The standard InChI is InChI=1S/2C23H31N5O2/c2*1-26(2)13-14-30-22-11-5-10-21-25-18(20(16-29)28(21)22)15-27(3)19-9-4-7-17-8-6-12-24-23(17)19/h2*5-6,8,10-12,19,29H,4,7,9,13-16H2,1-3H3/t2*19-/m00/s1. The molecule has 6 heterocycles. The fraction of sp³-hybridized carbons (Fsp3) is 0.478. The van der Waals surface area contributed by atoms with Crippen LogP contribution in [0.25, 0.3) is 11.3 Å². The number of hydrogen-bond acceptors (Lipinski definition) is 12. The fourth-order valence-corrected chi connectivity index (χ4v) is 8.53. The van der Waals surface area contributed by atoms with E-state index in [0.717, 1.165) is 85.7 Å². The number of aryl methyl sites for hydroxylation is 2. The first-order chi connectivity index (χ1) is 29.2. The van der Waals surface area contributed by atoms with Gasteiger partial charge >= 0.3 is 0 Å². The second-order valence-corrected chi connectivity index (χ2v) is 16.5. The highest BCUT2D eigenvalue weighted by atomic mass is 16.5. The molecule has 0 aliphatic heterocycles. The summed E-state index contributed by atoms with van der Waals surface area (Å²) < 4.78 is 15.9. The largest absolute Gasteiger partial charge is 0.477 e. The minimum Gasteiger partial charge on any atom is -0.477 e. The fourth-order valence-electron chi connectivity index (χ4n) is 8.53. The number of aliphatic hydroxyl groups excluding tert-OH is 2. The summed E-state index contributed by atoms with van der Waals surface area (Å²) in [5, 5.41) is 20.3. The Morgan fingerprint density at radius 3 is 1.43 bits per heavy atom. The number of fused-ring (bicyclic) bond motifs is 4. The number of rotatable bonds is 16. The highest BCUT2D eigenvalue weighted by Gasteiger charge is 2.28. The van der Waals surface area contributed by atoms with Gasteiger partial charge in [0, 0.05) is 38.6 Å². The van der Waals surface area contributed by atoms with Crippen LogP contribution in [0, 0.1) is 0 Å². The average molecular weight is 819 g/mol. The van der Waals surface area contributed by atoms with Gasteiger partial charge in [0.25, 0.3) is 0 Å². The molecule has 6 aromatic rings. The summed E-state index contributed by atoms with van der Waals surface area (Å²) in [5.41, 5.74) is 9.96. The highest BCUT2D eigenvalue weighted by molar-refractivity contribution is 5.48. The number of nitrogens with zero attached hydrogens (tertiary/aromatic N) is 10. The summed E-state index contributed by atoms with van der Waals surface area (Å²) in [4.78, 5) is 27.8. The van der Waals surface area contributed by atoms with Crippen molar-refractivity contribution in [3.8, 4) is 11.8 Å². The van der Waals surface area contributed by atoms with Crippen molar-refractivity contribution >= 4 is 11.3 Å². The quantitative estimate of drug-likeness (QED) is 0.131. The van der Waals surface area contributed by atoms with Crippen LogP contribution in [0.4, 0.5) is 0 Å². The van der Waals surface area contributed by atoms with Crippen molar-refractivity contribution in [3.05, 3.63) is 118 Å². The molecule has 0 fully saturated rings. The lowest BCUT2D eigenvalue weighted by molar-refractivity contribution is 0.202. The third-order valence-electron chi connectivity index (χ3n) is 11.6. The van der Waals surface area contributed by atoms with Gasteiger partial charge in [-0.3, -0.25) is 28.6 Å². The number of aromatic nitrogens is 6. The molecule has 2 aliphatic rings. The Balaban J connectivity index is 0.000000181. The number of likely N-dealkylation sites (N-methyl/N-ethyl adjacent to an activating group) is 2. The summed E-state index contributed by atoms with van der Waals surface area (Å²) in [7, 11) is 12.3. The normalized spacial score (nSPS) is 16.4. The number of aliphatic hydroxyl groups is 2. The van der Waals surface area contributed by atoms with Crippen molar-refractivity contribution in [1.29, 1.82) is 0 Å². The zero-order valence-electron chi connectivity index (χ0n) is 36.2. The number of pyridine rings is 4. The summed E-state index contributed by atoms with van der Waals surface area (Å²) in [6.07, 6.45) is 10.4. The zero-order chi connectivity index (χ0) is 42.2. The van der Waals surface area contributed by atoms with Crippen LogP contribution < -0.4 is 9.47 Å². The number of ether oxygens (including phenoxy) is 2. The van der Waals surface area contributed by atoms with E-state index in [0.29, 0.717) is 38.1 Å². The minimum absolute atomic E-state index is 0.0854. The molecule has 14 nitrogen and oxygen atoms in total. The van der Waals surface area contributed by atoms with Gasteiger partial charge in [-0.15, -0.1) is 0 Å². The molecule has 0 unspecified atom stereocenters. The molecule has 60 heavy (non-hydrogen) atoms. The third kappa shape index (κ3) is 9.80. The maximum atomic E-state index is 10.2. The molecule has 0 saturated carbocycles. The Morgan fingerprint density at radius 1 is 0.600 bits per heavy atom. The van der Waals surface area contributed by atoms with Crippen LogP contribution in [0.3, 0.4) is 0 Å². The Labute approximate surface area is 354 Å². The van der Waals surface area contributed by atoms with Gasteiger partial charge in [-0.1, -0.05) is 24.3 Å². The van der Waals surface area contributed by atoms with E-state index in [2.05, 4.69) is 55.8 Å². The van der Waals surface area contributed by atoms with Crippen molar-refractivity contribution in [3.63, 3.8) is 0 Å². The lowest BCUT2D eigenvalue weighted by Gasteiger charge is -2.32. The van der Waals surface area contributed by atoms with Gasteiger partial charge in [0.2, 0.25) is 0 Å². The van der Waals surface area contributed by atoms with E-state index in [4.69, 9.17) is 19.4 Å². The minimum atomic E-state index is -0.0854. The summed E-state index contributed by atoms with van der Waals surface area (Å²) in [6, 6.07) is 20.6. The van der Waals surface area contributed by atoms with E-state index in [1.54, 1.807) is 0 Å². The predicted molar refractivity (Wildman–Crippen MR) is 233 cm³/mol. The molecular formula is C46H62N10O4. The van der Waals surface area contributed by atoms with Crippen LogP contribution in [0.2, 0.25) is 0 Å². The maximum Gasteiger partial charge on any atom is 0.199 e. The lowest BCUT2D eigenvalue weighted by Crippen LogP contribution is -2.29. The van der Waals surface area contributed by atoms with Gasteiger partial charge in [0.1, 0.15) is 24.5 Å².